The first-order chi connectivity index (χ1) is 20.0. The number of fused-ring (bicyclic) bond motifs is 1. The number of nitrogens with one attached hydrogen (secondary N) is 1. The average molecular weight is 547 g/mol. The predicted molar refractivity (Wildman–Crippen MR) is 163 cm³/mol. The largest absolute Gasteiger partial charge is 0.322 e. The molecule has 0 saturated heterocycles. The van der Waals surface area contributed by atoms with Crippen LogP contribution >= 0.6 is 0 Å². The van der Waals surface area contributed by atoms with E-state index in [0.717, 1.165) is 35.1 Å². The molecule has 0 amide bonds. The zero-order chi connectivity index (χ0) is 28.3. The molecule has 1 aliphatic rings. The highest BCUT2D eigenvalue weighted by Gasteiger charge is 2.33. The minimum absolute atomic E-state index is 0.109. The van der Waals surface area contributed by atoms with Gasteiger partial charge in [-0.3, -0.25) is 9.69 Å². The molecular formula is C34H38N6O. The van der Waals surface area contributed by atoms with Gasteiger partial charge in [0.15, 0.2) is 5.82 Å². The zero-order valence-electron chi connectivity index (χ0n) is 24.1. The number of tetrazole rings is 1. The summed E-state index contributed by atoms with van der Waals surface area (Å²) in [5.41, 5.74) is 6.16. The molecule has 2 heterocycles. The number of hydrogen-bond donors (Lipinski definition) is 1. The van der Waals surface area contributed by atoms with Crippen molar-refractivity contribution >= 4 is 10.9 Å². The maximum atomic E-state index is 13.9. The molecule has 1 fully saturated rings. The van der Waals surface area contributed by atoms with E-state index in [0.29, 0.717) is 24.6 Å². The maximum Gasteiger partial charge on any atom is 0.253 e. The number of rotatable bonds is 9. The fourth-order valence-corrected chi connectivity index (χ4v) is 6.12. The molecule has 0 aliphatic heterocycles. The molecule has 1 N–H and O–H groups in total. The number of aryl methyl sites for hydroxylation is 1. The topological polar surface area (TPSA) is 79.7 Å². The van der Waals surface area contributed by atoms with Gasteiger partial charge in [0.2, 0.25) is 0 Å². The molecule has 1 saturated carbocycles. The lowest BCUT2D eigenvalue weighted by Gasteiger charge is -2.32. The third-order valence-corrected chi connectivity index (χ3v) is 8.38. The first-order valence-corrected chi connectivity index (χ1v) is 14.7. The summed E-state index contributed by atoms with van der Waals surface area (Å²) >= 11 is 0. The number of nitrogens with zero attached hydrogens (tertiary/aromatic N) is 5. The molecule has 5 aromatic rings. The van der Waals surface area contributed by atoms with Crippen molar-refractivity contribution in [3.63, 3.8) is 0 Å². The number of pyridine rings is 1. The number of aromatic nitrogens is 5. The Hall–Kier alpha value is -4.10. The highest BCUT2D eigenvalue weighted by Crippen LogP contribution is 2.35. The van der Waals surface area contributed by atoms with Crippen molar-refractivity contribution in [1.29, 1.82) is 0 Å². The molecule has 1 aliphatic carbocycles. The lowest BCUT2D eigenvalue weighted by molar-refractivity contribution is 0.190. The van der Waals surface area contributed by atoms with Gasteiger partial charge in [0.1, 0.15) is 6.04 Å². The van der Waals surface area contributed by atoms with E-state index in [4.69, 9.17) is 0 Å². The molecule has 0 unspecified atom stereocenters. The van der Waals surface area contributed by atoms with Crippen LogP contribution in [-0.2, 0) is 13.1 Å². The van der Waals surface area contributed by atoms with Crippen LogP contribution in [0.15, 0.2) is 83.7 Å². The first kappa shape index (κ1) is 27.1. The SMILES string of the molecule is Cc1ccc2cc([C@@H](c3nnnn3C3CCCC3)N(Cc3ccccc3)Cc3ccc(C(C)C)cc3)c(=O)[nH]c2c1. The van der Waals surface area contributed by atoms with Crippen LogP contribution in [0.25, 0.3) is 10.9 Å². The number of hydrogen-bond acceptors (Lipinski definition) is 5. The highest BCUT2D eigenvalue weighted by molar-refractivity contribution is 5.79. The molecule has 1 atom stereocenters. The fraction of sp³-hybridized carbons (Fsp3) is 0.353. The van der Waals surface area contributed by atoms with Crippen LogP contribution in [0.2, 0.25) is 0 Å². The summed E-state index contributed by atoms with van der Waals surface area (Å²) < 4.78 is 2.00. The van der Waals surface area contributed by atoms with Crippen LogP contribution in [0, 0.1) is 6.92 Å². The highest BCUT2D eigenvalue weighted by atomic mass is 16.1. The van der Waals surface area contributed by atoms with Gasteiger partial charge < -0.3 is 4.98 Å². The summed E-state index contributed by atoms with van der Waals surface area (Å²) in [6, 6.07) is 27.3. The molecule has 41 heavy (non-hydrogen) atoms. The van der Waals surface area contributed by atoms with E-state index in [1.807, 2.05) is 29.8 Å². The Labute approximate surface area is 241 Å². The Balaban J connectivity index is 1.51. The minimum Gasteiger partial charge on any atom is -0.322 e. The molecule has 6 rings (SSSR count). The van der Waals surface area contributed by atoms with Crippen molar-refractivity contribution in [1.82, 2.24) is 30.1 Å². The molecule has 0 spiro atoms. The molecule has 210 valence electrons. The average Bonchev–Trinajstić information content (AvgIpc) is 3.67. The van der Waals surface area contributed by atoms with E-state index in [1.165, 1.54) is 29.5 Å². The zero-order valence-corrected chi connectivity index (χ0v) is 24.1. The van der Waals surface area contributed by atoms with Gasteiger partial charge in [-0.1, -0.05) is 93.4 Å². The number of H-pyrrole nitrogens is 1. The van der Waals surface area contributed by atoms with Crippen molar-refractivity contribution in [2.45, 2.75) is 77.5 Å². The van der Waals surface area contributed by atoms with Crippen LogP contribution in [0.5, 0.6) is 0 Å². The van der Waals surface area contributed by atoms with Gasteiger partial charge in [0.05, 0.1) is 6.04 Å². The summed E-state index contributed by atoms with van der Waals surface area (Å²) in [6.45, 7) is 7.74. The third kappa shape index (κ3) is 5.86. The van der Waals surface area contributed by atoms with Gasteiger partial charge in [0, 0.05) is 24.2 Å². The van der Waals surface area contributed by atoms with Gasteiger partial charge in [-0.2, -0.15) is 0 Å². The fourth-order valence-electron chi connectivity index (χ4n) is 6.12. The summed E-state index contributed by atoms with van der Waals surface area (Å²) in [7, 11) is 0. The normalized spacial score (nSPS) is 14.9. The van der Waals surface area contributed by atoms with Crippen molar-refractivity contribution in [2.75, 3.05) is 0 Å². The molecular weight excluding hydrogens is 508 g/mol. The Bertz CT molecular complexity index is 1670. The molecule has 3 aromatic carbocycles. The molecule has 7 nitrogen and oxygen atoms in total. The lowest BCUT2D eigenvalue weighted by Crippen LogP contribution is -2.35. The smallest absolute Gasteiger partial charge is 0.253 e. The summed E-state index contributed by atoms with van der Waals surface area (Å²) in [6.07, 6.45) is 4.43. The van der Waals surface area contributed by atoms with Crippen LogP contribution < -0.4 is 5.56 Å². The van der Waals surface area contributed by atoms with Crippen molar-refractivity contribution in [3.8, 4) is 0 Å². The minimum atomic E-state index is -0.440. The second-order valence-corrected chi connectivity index (χ2v) is 11.8. The summed E-state index contributed by atoms with van der Waals surface area (Å²) in [4.78, 5) is 19.4. The van der Waals surface area contributed by atoms with Crippen LogP contribution in [-0.4, -0.2) is 30.1 Å². The van der Waals surface area contributed by atoms with E-state index in [2.05, 4.69) is 99.9 Å². The molecule has 7 heteroatoms. The quantitative estimate of drug-likeness (QED) is 0.219. The lowest BCUT2D eigenvalue weighted by atomic mass is 9.99. The second kappa shape index (κ2) is 11.8. The van der Waals surface area contributed by atoms with Gasteiger partial charge in [0.25, 0.3) is 5.56 Å². The Morgan fingerprint density at radius 2 is 1.63 bits per heavy atom. The van der Waals surface area contributed by atoms with Gasteiger partial charge in [-0.25, -0.2) is 4.68 Å². The summed E-state index contributed by atoms with van der Waals surface area (Å²) in [5, 5.41) is 14.3. The number of benzene rings is 3. The molecule has 0 radical (unpaired) electrons. The third-order valence-electron chi connectivity index (χ3n) is 8.38. The Kier molecular flexibility index (Phi) is 7.79. The maximum absolute atomic E-state index is 13.9. The van der Waals surface area contributed by atoms with Crippen molar-refractivity contribution in [2.24, 2.45) is 0 Å². The number of aromatic amines is 1. The van der Waals surface area contributed by atoms with Gasteiger partial charge >= 0.3 is 0 Å². The second-order valence-electron chi connectivity index (χ2n) is 11.8. The van der Waals surface area contributed by atoms with Crippen molar-refractivity contribution in [3.05, 3.63) is 123 Å². The van der Waals surface area contributed by atoms with Crippen LogP contribution in [0.3, 0.4) is 0 Å². The molecule has 0 bridgehead atoms. The van der Waals surface area contributed by atoms with Gasteiger partial charge in [-0.15, -0.1) is 5.10 Å². The molecule has 2 aromatic heterocycles. The first-order valence-electron chi connectivity index (χ1n) is 14.7. The predicted octanol–water partition coefficient (Wildman–Crippen LogP) is 6.85. The van der Waals surface area contributed by atoms with Crippen molar-refractivity contribution < 1.29 is 0 Å². The van der Waals surface area contributed by atoms with E-state index in [1.54, 1.807) is 0 Å². The van der Waals surface area contributed by atoms with Crippen LogP contribution in [0.1, 0.15) is 91.2 Å². The van der Waals surface area contributed by atoms with E-state index < -0.39 is 6.04 Å². The Morgan fingerprint density at radius 1 is 0.927 bits per heavy atom. The van der Waals surface area contributed by atoms with Gasteiger partial charge in [-0.05, 0) is 75.9 Å². The van der Waals surface area contributed by atoms with E-state index in [9.17, 15) is 4.79 Å². The standard InChI is InChI=1S/C34H38N6O/c1-23(2)27-17-14-26(15-18-27)22-39(21-25-9-5-4-6-10-25)32(33-36-37-38-40(33)29-11-7-8-12-29)30-20-28-16-13-24(3)19-31(28)35-34(30)41/h4-6,9-10,13-20,23,29,32H,7-8,11-12,21-22H2,1-3H3,(H,35,41)/t32-/m0/s1. The monoisotopic (exact) mass is 546 g/mol. The van der Waals surface area contributed by atoms with Crippen LogP contribution in [0.4, 0.5) is 0 Å². The van der Waals surface area contributed by atoms with E-state index >= 15 is 0 Å². The Morgan fingerprint density at radius 3 is 2.34 bits per heavy atom. The summed E-state index contributed by atoms with van der Waals surface area (Å²) in [5.74, 6) is 1.19. The van der Waals surface area contributed by atoms with E-state index in [-0.39, 0.29) is 11.6 Å².